The average Bonchev–Trinajstić information content (AvgIpc) is 2.64. The van der Waals surface area contributed by atoms with Crippen molar-refractivity contribution in [2.75, 3.05) is 6.61 Å². The summed E-state index contributed by atoms with van der Waals surface area (Å²) >= 11 is 0. The number of rotatable bonds is 5. The summed E-state index contributed by atoms with van der Waals surface area (Å²) in [5, 5.41) is 15.8. The number of aryl methyl sites for hydroxylation is 2. The van der Waals surface area contributed by atoms with Crippen LogP contribution in [-0.4, -0.2) is 23.8 Å². The molecule has 0 aromatic heterocycles. The number of phenolic OH excluding ortho intramolecular Hbond substituents is 1. The fourth-order valence-corrected chi connectivity index (χ4v) is 2.57. The number of phenols is 1. The standard InChI is InChI=1S/C21H20N2O3/c1-14-7-9-17(11-15(14)2)26-13-21(25)23-22-12-19-18-6-4-3-5-16(18)8-10-20(19)24/h3-12,24H,13H2,1-2H3,(H,23,25)/b22-12-. The maximum absolute atomic E-state index is 11.9. The zero-order valence-corrected chi connectivity index (χ0v) is 14.7. The molecule has 0 radical (unpaired) electrons. The van der Waals surface area contributed by atoms with E-state index < -0.39 is 0 Å². The van der Waals surface area contributed by atoms with Crippen LogP contribution in [0.15, 0.2) is 59.7 Å². The van der Waals surface area contributed by atoms with Gasteiger partial charge < -0.3 is 9.84 Å². The van der Waals surface area contributed by atoms with E-state index in [2.05, 4.69) is 10.5 Å². The number of hydrogen-bond acceptors (Lipinski definition) is 4. The average molecular weight is 348 g/mol. The van der Waals surface area contributed by atoms with Gasteiger partial charge >= 0.3 is 0 Å². The highest BCUT2D eigenvalue weighted by Gasteiger charge is 2.05. The molecule has 0 aliphatic heterocycles. The topological polar surface area (TPSA) is 70.9 Å². The van der Waals surface area contributed by atoms with Crippen molar-refractivity contribution in [3.63, 3.8) is 0 Å². The number of amides is 1. The van der Waals surface area contributed by atoms with Crippen molar-refractivity contribution in [2.24, 2.45) is 5.10 Å². The molecule has 0 unspecified atom stereocenters. The molecule has 0 aliphatic carbocycles. The fourth-order valence-electron chi connectivity index (χ4n) is 2.57. The molecular formula is C21H20N2O3. The number of aromatic hydroxyl groups is 1. The highest BCUT2D eigenvalue weighted by molar-refractivity contribution is 6.02. The van der Waals surface area contributed by atoms with Crippen LogP contribution in [0.25, 0.3) is 10.8 Å². The largest absolute Gasteiger partial charge is 0.507 e. The van der Waals surface area contributed by atoms with Gasteiger partial charge in [-0.15, -0.1) is 0 Å². The van der Waals surface area contributed by atoms with Gasteiger partial charge in [-0.05, 0) is 53.9 Å². The maximum Gasteiger partial charge on any atom is 0.277 e. The van der Waals surface area contributed by atoms with Gasteiger partial charge in [0.2, 0.25) is 0 Å². The van der Waals surface area contributed by atoms with Crippen molar-refractivity contribution in [1.29, 1.82) is 0 Å². The first-order valence-electron chi connectivity index (χ1n) is 8.27. The van der Waals surface area contributed by atoms with E-state index in [1.165, 1.54) is 11.8 Å². The number of ether oxygens (including phenoxy) is 1. The molecule has 0 aliphatic rings. The first-order valence-corrected chi connectivity index (χ1v) is 8.27. The fraction of sp³-hybridized carbons (Fsp3) is 0.143. The molecule has 0 bridgehead atoms. The summed E-state index contributed by atoms with van der Waals surface area (Å²) in [7, 11) is 0. The van der Waals surface area contributed by atoms with Gasteiger partial charge in [0.1, 0.15) is 11.5 Å². The predicted molar refractivity (Wildman–Crippen MR) is 103 cm³/mol. The van der Waals surface area contributed by atoms with E-state index >= 15 is 0 Å². The van der Waals surface area contributed by atoms with E-state index in [1.54, 1.807) is 6.07 Å². The third kappa shape index (κ3) is 4.00. The van der Waals surface area contributed by atoms with Crippen LogP contribution in [0.4, 0.5) is 0 Å². The van der Waals surface area contributed by atoms with Crippen molar-refractivity contribution in [3.8, 4) is 11.5 Å². The molecule has 26 heavy (non-hydrogen) atoms. The van der Waals surface area contributed by atoms with Crippen LogP contribution in [0.3, 0.4) is 0 Å². The van der Waals surface area contributed by atoms with E-state index in [0.29, 0.717) is 11.3 Å². The molecule has 132 valence electrons. The highest BCUT2D eigenvalue weighted by Crippen LogP contribution is 2.25. The predicted octanol–water partition coefficient (Wildman–Crippen LogP) is 3.69. The summed E-state index contributed by atoms with van der Waals surface area (Å²) in [5.74, 6) is 0.367. The normalized spacial score (nSPS) is 11.0. The number of hydrogen-bond donors (Lipinski definition) is 2. The lowest BCUT2D eigenvalue weighted by molar-refractivity contribution is -0.123. The van der Waals surface area contributed by atoms with E-state index in [1.807, 2.05) is 62.4 Å². The molecular weight excluding hydrogens is 328 g/mol. The van der Waals surface area contributed by atoms with Gasteiger partial charge in [0.25, 0.3) is 5.91 Å². The number of fused-ring (bicyclic) bond motifs is 1. The smallest absolute Gasteiger partial charge is 0.277 e. The number of carbonyl (C=O) groups excluding carboxylic acids is 1. The highest BCUT2D eigenvalue weighted by atomic mass is 16.5. The van der Waals surface area contributed by atoms with E-state index in [0.717, 1.165) is 16.3 Å². The second-order valence-electron chi connectivity index (χ2n) is 6.05. The van der Waals surface area contributed by atoms with Crippen LogP contribution >= 0.6 is 0 Å². The van der Waals surface area contributed by atoms with Gasteiger partial charge in [0.05, 0.1) is 6.21 Å². The maximum atomic E-state index is 11.9. The Morgan fingerprint density at radius 2 is 1.92 bits per heavy atom. The van der Waals surface area contributed by atoms with Crippen molar-refractivity contribution in [3.05, 3.63) is 71.3 Å². The third-order valence-electron chi connectivity index (χ3n) is 4.18. The summed E-state index contributed by atoms with van der Waals surface area (Å²) in [5.41, 5.74) is 5.24. The van der Waals surface area contributed by atoms with Gasteiger partial charge in [0.15, 0.2) is 6.61 Å². The van der Waals surface area contributed by atoms with Crippen LogP contribution in [0, 0.1) is 13.8 Å². The molecule has 0 heterocycles. The van der Waals surface area contributed by atoms with Crippen LogP contribution in [0.1, 0.15) is 16.7 Å². The van der Waals surface area contributed by atoms with Crippen molar-refractivity contribution in [2.45, 2.75) is 13.8 Å². The van der Waals surface area contributed by atoms with Crippen LogP contribution in [0.2, 0.25) is 0 Å². The Morgan fingerprint density at radius 3 is 2.73 bits per heavy atom. The van der Waals surface area contributed by atoms with E-state index in [9.17, 15) is 9.90 Å². The number of nitrogens with one attached hydrogen (secondary N) is 1. The Balaban J connectivity index is 1.62. The molecule has 0 atom stereocenters. The van der Waals surface area contributed by atoms with Gasteiger partial charge in [-0.1, -0.05) is 36.4 Å². The monoisotopic (exact) mass is 348 g/mol. The molecule has 3 aromatic rings. The van der Waals surface area contributed by atoms with Gasteiger partial charge in [-0.3, -0.25) is 4.79 Å². The lowest BCUT2D eigenvalue weighted by Gasteiger charge is -2.07. The number of nitrogens with zero attached hydrogens (tertiary/aromatic N) is 1. The molecule has 2 N–H and O–H groups in total. The van der Waals surface area contributed by atoms with Crippen molar-refractivity contribution in [1.82, 2.24) is 5.43 Å². The minimum absolute atomic E-state index is 0.105. The summed E-state index contributed by atoms with van der Waals surface area (Å²) in [6.45, 7) is 3.87. The quantitative estimate of drug-likeness (QED) is 0.546. The lowest BCUT2D eigenvalue weighted by atomic mass is 10.0. The number of carbonyl (C=O) groups is 1. The Kier molecular flexibility index (Phi) is 5.17. The Hall–Kier alpha value is -3.34. The minimum atomic E-state index is -0.376. The van der Waals surface area contributed by atoms with E-state index in [4.69, 9.17) is 4.74 Å². The van der Waals surface area contributed by atoms with Gasteiger partial charge in [-0.25, -0.2) is 5.43 Å². The second-order valence-corrected chi connectivity index (χ2v) is 6.05. The molecule has 5 nitrogen and oxygen atoms in total. The molecule has 0 spiro atoms. The summed E-state index contributed by atoms with van der Waals surface area (Å²) < 4.78 is 5.47. The molecule has 3 aromatic carbocycles. The molecule has 0 fully saturated rings. The third-order valence-corrected chi connectivity index (χ3v) is 4.18. The summed E-state index contributed by atoms with van der Waals surface area (Å²) in [4.78, 5) is 11.9. The Labute approximate surface area is 151 Å². The van der Waals surface area contributed by atoms with Crippen LogP contribution in [0.5, 0.6) is 11.5 Å². The van der Waals surface area contributed by atoms with Crippen molar-refractivity contribution >= 4 is 22.9 Å². The molecule has 1 amide bonds. The summed E-state index contributed by atoms with van der Waals surface area (Å²) in [6.07, 6.45) is 1.44. The first-order chi connectivity index (χ1) is 12.5. The molecule has 0 saturated heterocycles. The molecule has 3 rings (SSSR count). The zero-order valence-electron chi connectivity index (χ0n) is 14.7. The van der Waals surface area contributed by atoms with Crippen LogP contribution < -0.4 is 10.2 Å². The first kappa shape index (κ1) is 17.5. The zero-order chi connectivity index (χ0) is 18.5. The van der Waals surface area contributed by atoms with Gasteiger partial charge in [-0.2, -0.15) is 5.10 Å². The molecule has 5 heteroatoms. The van der Waals surface area contributed by atoms with Crippen LogP contribution in [-0.2, 0) is 4.79 Å². The Bertz CT molecular complexity index is 980. The van der Waals surface area contributed by atoms with E-state index in [-0.39, 0.29) is 18.3 Å². The van der Waals surface area contributed by atoms with Gasteiger partial charge in [0, 0.05) is 5.56 Å². The Morgan fingerprint density at radius 1 is 1.12 bits per heavy atom. The lowest BCUT2D eigenvalue weighted by Crippen LogP contribution is -2.24. The summed E-state index contributed by atoms with van der Waals surface area (Å²) in [6, 6.07) is 16.7. The second kappa shape index (κ2) is 7.70. The van der Waals surface area contributed by atoms with Crippen molar-refractivity contribution < 1.29 is 14.6 Å². The number of benzene rings is 3. The number of hydrazone groups is 1. The SMILES string of the molecule is Cc1ccc(OCC(=O)N/N=C\c2c(O)ccc3ccccc23)cc1C. The molecule has 0 saturated carbocycles. The minimum Gasteiger partial charge on any atom is -0.507 e.